The quantitative estimate of drug-likeness (QED) is 0.495. The molecule has 12 atom stereocenters. The van der Waals surface area contributed by atoms with Crippen LogP contribution in [0.25, 0.3) is 0 Å². The summed E-state index contributed by atoms with van der Waals surface area (Å²) in [7, 11) is 0. The molecule has 0 radical (unpaired) electrons. The summed E-state index contributed by atoms with van der Waals surface area (Å²) in [5.41, 5.74) is -1.63. The highest BCUT2D eigenvalue weighted by Crippen LogP contribution is 2.72. The van der Waals surface area contributed by atoms with Gasteiger partial charge < -0.3 is 14.9 Å². The minimum atomic E-state index is -0.841. The van der Waals surface area contributed by atoms with Crippen LogP contribution in [0.4, 0.5) is 0 Å². The maximum atomic E-state index is 13.3. The van der Waals surface area contributed by atoms with Crippen LogP contribution in [0.5, 0.6) is 0 Å². The summed E-state index contributed by atoms with van der Waals surface area (Å²) in [6.07, 6.45) is 10.5. The second-order valence-corrected chi connectivity index (χ2v) is 12.6. The molecule has 0 amide bonds. The first kappa shape index (κ1) is 22.8. The standard InChI is InChI=1S/C28H42O4/c1-15(2)16(3)7-8-17(4)19-9-10-20-18-13-23(31)28-24(32-28)12-11-22(30)27(28,6)25(18)21(29)14-26(19,20)5/h7-8,11-12,15-21,23-25,29,31H,9-10,13-14H2,1-6H3/b8-7+/t16-,17+,18?,19+,20?,21+,23+,24-,25?,26+,27+,28-/m0/s1. The normalized spacial score (nSPS) is 53.5. The highest BCUT2D eigenvalue weighted by molar-refractivity contribution is 5.98. The topological polar surface area (TPSA) is 70.1 Å². The molecule has 32 heavy (non-hydrogen) atoms. The van der Waals surface area contributed by atoms with Gasteiger partial charge in [-0.1, -0.05) is 46.8 Å². The molecule has 5 aliphatic rings. The van der Waals surface area contributed by atoms with Crippen molar-refractivity contribution in [1.82, 2.24) is 0 Å². The molecular weight excluding hydrogens is 400 g/mol. The first-order valence-electron chi connectivity index (χ1n) is 12.9. The van der Waals surface area contributed by atoms with Gasteiger partial charge in [0, 0.05) is 5.92 Å². The first-order chi connectivity index (χ1) is 15.0. The van der Waals surface area contributed by atoms with E-state index in [2.05, 4.69) is 46.8 Å². The van der Waals surface area contributed by atoms with Crippen molar-refractivity contribution in [2.45, 2.75) is 91.1 Å². The zero-order valence-electron chi connectivity index (χ0n) is 20.6. The van der Waals surface area contributed by atoms with Gasteiger partial charge in [-0.05, 0) is 85.7 Å². The Kier molecular flexibility index (Phi) is 5.18. The van der Waals surface area contributed by atoms with Crippen LogP contribution in [0.3, 0.4) is 0 Å². The molecule has 4 heteroatoms. The van der Waals surface area contributed by atoms with Gasteiger partial charge in [0.1, 0.15) is 11.7 Å². The van der Waals surface area contributed by atoms with Gasteiger partial charge in [0.25, 0.3) is 0 Å². The predicted octanol–water partition coefficient (Wildman–Crippen LogP) is 4.55. The number of fused-ring (bicyclic) bond motifs is 4. The molecule has 3 unspecified atom stereocenters. The van der Waals surface area contributed by atoms with Crippen molar-refractivity contribution < 1.29 is 19.7 Å². The number of aliphatic hydroxyl groups excluding tert-OH is 2. The van der Waals surface area contributed by atoms with Crippen LogP contribution in [-0.4, -0.2) is 39.9 Å². The maximum Gasteiger partial charge on any atom is 0.164 e. The van der Waals surface area contributed by atoms with Crippen molar-refractivity contribution in [2.24, 2.45) is 52.3 Å². The lowest BCUT2D eigenvalue weighted by atomic mass is 9.43. The molecular formula is C28H42O4. The third-order valence-electron chi connectivity index (χ3n) is 11.0. The van der Waals surface area contributed by atoms with E-state index in [9.17, 15) is 15.0 Å². The number of rotatable bonds is 4. The molecule has 1 heterocycles. The fraction of sp³-hybridized carbons (Fsp3) is 0.821. The lowest BCUT2D eigenvalue weighted by molar-refractivity contribution is -0.197. The van der Waals surface area contributed by atoms with E-state index in [4.69, 9.17) is 4.74 Å². The number of carbonyl (C=O) groups is 1. The Labute approximate surface area is 193 Å². The summed E-state index contributed by atoms with van der Waals surface area (Å²) < 4.78 is 6.04. The maximum absolute atomic E-state index is 13.3. The van der Waals surface area contributed by atoms with Gasteiger partial charge in [-0.3, -0.25) is 4.79 Å². The van der Waals surface area contributed by atoms with Crippen molar-refractivity contribution >= 4 is 5.78 Å². The number of hydrogen-bond donors (Lipinski definition) is 2. The van der Waals surface area contributed by atoms with Crippen molar-refractivity contribution in [1.29, 1.82) is 0 Å². The molecule has 0 aromatic rings. The van der Waals surface area contributed by atoms with Crippen molar-refractivity contribution in [3.63, 3.8) is 0 Å². The second kappa shape index (κ2) is 7.26. The van der Waals surface area contributed by atoms with E-state index >= 15 is 0 Å². The second-order valence-electron chi connectivity index (χ2n) is 12.6. The van der Waals surface area contributed by atoms with Crippen LogP contribution in [0.15, 0.2) is 24.3 Å². The van der Waals surface area contributed by atoms with Crippen LogP contribution in [0, 0.1) is 52.3 Å². The molecule has 4 aliphatic carbocycles. The van der Waals surface area contributed by atoms with Gasteiger partial charge in [-0.2, -0.15) is 0 Å². The number of allylic oxidation sites excluding steroid dienone is 3. The third-order valence-corrected chi connectivity index (χ3v) is 11.0. The minimum Gasteiger partial charge on any atom is -0.393 e. The van der Waals surface area contributed by atoms with Gasteiger partial charge >= 0.3 is 0 Å². The van der Waals surface area contributed by atoms with Crippen molar-refractivity contribution in [2.75, 3.05) is 0 Å². The molecule has 1 saturated heterocycles. The summed E-state index contributed by atoms with van der Waals surface area (Å²) in [5, 5.41) is 22.9. The predicted molar refractivity (Wildman–Crippen MR) is 125 cm³/mol. The summed E-state index contributed by atoms with van der Waals surface area (Å²) in [4.78, 5) is 13.3. The largest absolute Gasteiger partial charge is 0.393 e. The van der Waals surface area contributed by atoms with Crippen LogP contribution in [0.2, 0.25) is 0 Å². The van der Waals surface area contributed by atoms with E-state index in [0.29, 0.717) is 36.0 Å². The monoisotopic (exact) mass is 442 g/mol. The van der Waals surface area contributed by atoms with Gasteiger partial charge in [-0.25, -0.2) is 0 Å². The SMILES string of the molecule is CC(C)[C@@H](C)/C=C/[C@@H](C)[C@H]1CCC2C3C[C@@H](O)[C@]45O[C@H]4C=CC(=O)[C@]5(C)C3[C@H](O)C[C@@]21C. The van der Waals surface area contributed by atoms with Crippen LogP contribution < -0.4 is 0 Å². The van der Waals surface area contributed by atoms with Crippen LogP contribution in [-0.2, 0) is 9.53 Å². The summed E-state index contributed by atoms with van der Waals surface area (Å²) in [6, 6.07) is 0. The highest BCUT2D eigenvalue weighted by Gasteiger charge is 2.80. The lowest BCUT2D eigenvalue weighted by Crippen LogP contribution is -2.68. The van der Waals surface area contributed by atoms with Crippen LogP contribution in [0.1, 0.15) is 67.2 Å². The Morgan fingerprint density at radius 1 is 1.12 bits per heavy atom. The van der Waals surface area contributed by atoms with E-state index in [1.54, 1.807) is 6.08 Å². The van der Waals surface area contributed by atoms with Gasteiger partial charge in [0.05, 0.1) is 17.6 Å². The molecule has 0 bridgehead atoms. The van der Waals surface area contributed by atoms with E-state index in [1.807, 2.05) is 13.0 Å². The number of epoxide rings is 1. The number of aliphatic hydroxyl groups is 2. The Morgan fingerprint density at radius 2 is 1.84 bits per heavy atom. The molecule has 5 rings (SSSR count). The number of carbonyl (C=O) groups excluding carboxylic acids is 1. The molecule has 3 saturated carbocycles. The van der Waals surface area contributed by atoms with Gasteiger partial charge in [-0.15, -0.1) is 0 Å². The van der Waals surface area contributed by atoms with E-state index < -0.39 is 23.2 Å². The van der Waals surface area contributed by atoms with Crippen molar-refractivity contribution in [3.05, 3.63) is 24.3 Å². The number of hydrogen-bond acceptors (Lipinski definition) is 4. The average Bonchev–Trinajstić information content (AvgIpc) is 3.37. The Morgan fingerprint density at radius 3 is 2.53 bits per heavy atom. The zero-order valence-corrected chi connectivity index (χ0v) is 20.6. The lowest BCUT2D eigenvalue weighted by Gasteiger charge is -2.61. The van der Waals surface area contributed by atoms with Crippen LogP contribution >= 0.6 is 0 Å². The summed E-state index contributed by atoms with van der Waals surface area (Å²) >= 11 is 0. The van der Waals surface area contributed by atoms with E-state index in [-0.39, 0.29) is 29.1 Å². The fourth-order valence-electron chi connectivity index (χ4n) is 8.90. The first-order valence-corrected chi connectivity index (χ1v) is 12.9. The molecule has 178 valence electrons. The minimum absolute atomic E-state index is 0.0242. The summed E-state index contributed by atoms with van der Waals surface area (Å²) in [6.45, 7) is 13.5. The average molecular weight is 443 g/mol. The molecule has 1 spiro atoms. The molecule has 4 nitrogen and oxygen atoms in total. The van der Waals surface area contributed by atoms with E-state index in [1.165, 1.54) is 0 Å². The zero-order chi connectivity index (χ0) is 23.2. The Balaban J connectivity index is 1.45. The number of ketones is 1. The Bertz CT molecular complexity index is 846. The van der Waals surface area contributed by atoms with Crippen molar-refractivity contribution in [3.8, 4) is 0 Å². The Hall–Kier alpha value is -0.970. The molecule has 1 aliphatic heterocycles. The molecule has 0 aromatic carbocycles. The van der Waals surface area contributed by atoms with Gasteiger partial charge in [0.2, 0.25) is 0 Å². The highest BCUT2D eigenvalue weighted by atomic mass is 16.6. The molecule has 4 fully saturated rings. The molecule has 0 aromatic heterocycles. The number of ether oxygens (including phenoxy) is 1. The van der Waals surface area contributed by atoms with Gasteiger partial charge in [0.15, 0.2) is 5.78 Å². The summed E-state index contributed by atoms with van der Waals surface area (Å²) in [5.74, 6) is 2.64. The fourth-order valence-corrected chi connectivity index (χ4v) is 8.90. The molecule has 2 N–H and O–H groups in total. The smallest absolute Gasteiger partial charge is 0.164 e. The van der Waals surface area contributed by atoms with E-state index in [0.717, 1.165) is 19.3 Å². The third kappa shape index (κ3) is 2.75.